The number of ether oxygens (including phenoxy) is 1. The highest BCUT2D eigenvalue weighted by atomic mass is 16.5. The molecule has 0 heterocycles. The molecule has 0 amide bonds. The first kappa shape index (κ1) is 9.53. The first-order chi connectivity index (χ1) is 4.57. The molecule has 3 heteroatoms. The number of esters is 1. The molecule has 0 saturated carbocycles. The summed E-state index contributed by atoms with van der Waals surface area (Å²) < 4.78 is 4.52. The number of hydrogen-bond acceptors (Lipinski definition) is 2. The van der Waals surface area contributed by atoms with E-state index in [2.05, 4.69) is 4.74 Å². The molecule has 0 aromatic carbocycles. The van der Waals surface area contributed by atoms with E-state index in [1.54, 1.807) is 0 Å². The quantitative estimate of drug-likeness (QED) is 0.434. The third-order valence-corrected chi connectivity index (χ3v) is 1.33. The molecule has 1 unspecified atom stereocenters. The second-order valence-corrected chi connectivity index (χ2v) is 2.64. The molecule has 0 aliphatic carbocycles. The molecule has 2 nitrogen and oxygen atoms in total. The van der Waals surface area contributed by atoms with E-state index in [1.165, 1.54) is 7.11 Å². The van der Waals surface area contributed by atoms with E-state index in [0.29, 0.717) is 6.42 Å². The summed E-state index contributed by atoms with van der Waals surface area (Å²) in [5.41, 5.74) is 0. The van der Waals surface area contributed by atoms with E-state index in [1.807, 2.05) is 13.8 Å². The van der Waals surface area contributed by atoms with Crippen LogP contribution in [0.3, 0.4) is 0 Å². The minimum Gasteiger partial charge on any atom is -0.469 e. The van der Waals surface area contributed by atoms with Crippen molar-refractivity contribution < 1.29 is 9.53 Å². The molecular formula is C7H13BO2. The van der Waals surface area contributed by atoms with E-state index >= 15 is 0 Å². The van der Waals surface area contributed by atoms with Crippen molar-refractivity contribution in [1.29, 1.82) is 0 Å². The van der Waals surface area contributed by atoms with Crippen LogP contribution in [-0.2, 0) is 9.53 Å². The summed E-state index contributed by atoms with van der Waals surface area (Å²) in [6.07, 6.45) is 0.687. The number of hydrogen-bond donors (Lipinski definition) is 0. The highest BCUT2D eigenvalue weighted by Gasteiger charge is 2.13. The summed E-state index contributed by atoms with van der Waals surface area (Å²) in [6, 6.07) is 0. The zero-order valence-corrected chi connectivity index (χ0v) is 6.76. The van der Waals surface area contributed by atoms with Crippen LogP contribution in [0.2, 0.25) is 5.82 Å². The van der Waals surface area contributed by atoms with Crippen molar-refractivity contribution in [2.24, 2.45) is 5.92 Å². The molecule has 56 valence electrons. The molecule has 0 aliphatic heterocycles. The third kappa shape index (κ3) is 3.54. The fourth-order valence-electron chi connectivity index (χ4n) is 0.855. The van der Waals surface area contributed by atoms with Crippen LogP contribution in [0, 0.1) is 5.92 Å². The normalized spacial score (nSPS) is 15.9. The van der Waals surface area contributed by atoms with Gasteiger partial charge in [0.15, 0.2) is 0 Å². The van der Waals surface area contributed by atoms with Gasteiger partial charge in [0.25, 0.3) is 0 Å². The molecule has 10 heavy (non-hydrogen) atoms. The SMILES string of the molecule is [B][C@H](C)CC(C)C(=O)OC. The van der Waals surface area contributed by atoms with Crippen molar-refractivity contribution in [3.05, 3.63) is 0 Å². The van der Waals surface area contributed by atoms with E-state index < -0.39 is 0 Å². The molecular weight excluding hydrogens is 127 g/mol. The Morgan fingerprint density at radius 2 is 2.10 bits per heavy atom. The first-order valence-corrected chi connectivity index (χ1v) is 3.41. The van der Waals surface area contributed by atoms with Crippen molar-refractivity contribution >= 4 is 13.8 Å². The standard InChI is InChI=1S/C7H13BO2/c1-5(4-6(2)8)7(9)10-3/h5-6H,4H2,1-3H3/t5?,6-/m1/s1. The van der Waals surface area contributed by atoms with Crippen molar-refractivity contribution in [2.75, 3.05) is 7.11 Å². The van der Waals surface area contributed by atoms with Gasteiger partial charge in [-0.05, 0) is 6.42 Å². The molecule has 2 atom stereocenters. The highest BCUT2D eigenvalue weighted by Crippen LogP contribution is 2.13. The maximum absolute atomic E-state index is 10.8. The molecule has 0 spiro atoms. The van der Waals surface area contributed by atoms with Gasteiger partial charge in [0, 0.05) is 0 Å². The lowest BCUT2D eigenvalue weighted by molar-refractivity contribution is -0.145. The van der Waals surface area contributed by atoms with Crippen LogP contribution in [0.5, 0.6) is 0 Å². The number of methoxy groups -OCH3 is 1. The van der Waals surface area contributed by atoms with Gasteiger partial charge in [-0.2, -0.15) is 0 Å². The zero-order valence-electron chi connectivity index (χ0n) is 6.76. The Labute approximate surface area is 63.4 Å². The Hall–Kier alpha value is -0.465. The van der Waals surface area contributed by atoms with Gasteiger partial charge in [-0.3, -0.25) is 4.79 Å². The Bertz CT molecular complexity index is 112. The van der Waals surface area contributed by atoms with Crippen LogP contribution in [0.25, 0.3) is 0 Å². The number of carbonyl (C=O) groups excluding carboxylic acids is 1. The fraction of sp³-hybridized carbons (Fsp3) is 0.857. The van der Waals surface area contributed by atoms with Crippen molar-refractivity contribution in [3.63, 3.8) is 0 Å². The largest absolute Gasteiger partial charge is 0.469 e. The van der Waals surface area contributed by atoms with Gasteiger partial charge >= 0.3 is 5.97 Å². The summed E-state index contributed by atoms with van der Waals surface area (Å²) in [7, 11) is 6.87. The lowest BCUT2D eigenvalue weighted by Gasteiger charge is -2.10. The monoisotopic (exact) mass is 140 g/mol. The lowest BCUT2D eigenvalue weighted by Crippen LogP contribution is -2.13. The highest BCUT2D eigenvalue weighted by molar-refractivity contribution is 6.11. The summed E-state index contributed by atoms with van der Waals surface area (Å²) in [4.78, 5) is 10.8. The minimum atomic E-state index is -0.183. The molecule has 0 bridgehead atoms. The summed E-state index contributed by atoms with van der Waals surface area (Å²) in [5, 5.41) is 0. The predicted molar refractivity (Wildman–Crippen MR) is 41.0 cm³/mol. The van der Waals surface area contributed by atoms with Crippen LogP contribution >= 0.6 is 0 Å². The lowest BCUT2D eigenvalue weighted by atomic mass is 9.82. The molecule has 0 N–H and O–H groups in total. The molecule has 2 radical (unpaired) electrons. The van der Waals surface area contributed by atoms with Gasteiger partial charge in [-0.25, -0.2) is 0 Å². The molecule has 0 aliphatic rings. The Morgan fingerprint density at radius 1 is 1.60 bits per heavy atom. The van der Waals surface area contributed by atoms with Crippen molar-refractivity contribution in [1.82, 2.24) is 0 Å². The summed E-state index contributed by atoms with van der Waals surface area (Å²) >= 11 is 0. The van der Waals surface area contributed by atoms with E-state index in [9.17, 15) is 4.79 Å². The molecule has 0 aromatic rings. The van der Waals surface area contributed by atoms with Gasteiger partial charge in [0.1, 0.15) is 0 Å². The van der Waals surface area contributed by atoms with Crippen molar-refractivity contribution in [3.8, 4) is 0 Å². The minimum absolute atomic E-state index is 0.0640. The first-order valence-electron chi connectivity index (χ1n) is 3.41. The third-order valence-electron chi connectivity index (χ3n) is 1.33. The Kier molecular flexibility index (Phi) is 4.16. The van der Waals surface area contributed by atoms with E-state index in [0.717, 1.165) is 0 Å². The smallest absolute Gasteiger partial charge is 0.308 e. The Morgan fingerprint density at radius 3 is 2.40 bits per heavy atom. The second-order valence-electron chi connectivity index (χ2n) is 2.64. The van der Waals surface area contributed by atoms with Gasteiger partial charge < -0.3 is 4.74 Å². The van der Waals surface area contributed by atoms with Crippen LogP contribution < -0.4 is 0 Å². The van der Waals surface area contributed by atoms with Gasteiger partial charge in [-0.1, -0.05) is 19.7 Å². The maximum atomic E-state index is 10.8. The Balaban J connectivity index is 3.61. The second kappa shape index (κ2) is 4.37. The summed E-state index contributed by atoms with van der Waals surface area (Å²) in [5.74, 6) is -0.198. The number of rotatable bonds is 3. The van der Waals surface area contributed by atoms with Gasteiger partial charge in [0.2, 0.25) is 0 Å². The maximum Gasteiger partial charge on any atom is 0.308 e. The average Bonchev–Trinajstić information content (AvgIpc) is 1.85. The van der Waals surface area contributed by atoms with Crippen LogP contribution in [0.4, 0.5) is 0 Å². The number of carbonyl (C=O) groups is 1. The topological polar surface area (TPSA) is 26.3 Å². The zero-order chi connectivity index (χ0) is 8.15. The van der Waals surface area contributed by atoms with Crippen LogP contribution in [0.1, 0.15) is 20.3 Å². The molecule has 0 fully saturated rings. The van der Waals surface area contributed by atoms with Gasteiger partial charge in [0.05, 0.1) is 20.9 Å². The van der Waals surface area contributed by atoms with Crippen LogP contribution in [0.15, 0.2) is 0 Å². The molecule has 0 rings (SSSR count). The predicted octanol–water partition coefficient (Wildman–Crippen LogP) is 1.16. The van der Waals surface area contributed by atoms with Gasteiger partial charge in [-0.15, -0.1) is 0 Å². The van der Waals surface area contributed by atoms with Crippen LogP contribution in [-0.4, -0.2) is 20.9 Å². The van der Waals surface area contributed by atoms with E-state index in [-0.39, 0.29) is 17.7 Å². The van der Waals surface area contributed by atoms with E-state index in [4.69, 9.17) is 7.85 Å². The molecule has 0 saturated heterocycles. The summed E-state index contributed by atoms with van der Waals surface area (Å²) in [6.45, 7) is 3.69. The molecule has 0 aromatic heterocycles. The van der Waals surface area contributed by atoms with Crippen molar-refractivity contribution in [2.45, 2.75) is 26.1 Å². The average molecular weight is 140 g/mol. The fourth-order valence-corrected chi connectivity index (χ4v) is 0.855.